The van der Waals surface area contributed by atoms with Gasteiger partial charge in [-0.15, -0.1) is 11.8 Å². The quantitative estimate of drug-likeness (QED) is 0.582. The van der Waals surface area contributed by atoms with Crippen LogP contribution >= 0.6 is 24.0 Å². The molecule has 1 rings (SSSR count). The number of benzene rings is 1. The molecule has 0 aliphatic heterocycles. The molecule has 1 aromatic carbocycles. The van der Waals surface area contributed by atoms with Crippen LogP contribution in [0.25, 0.3) is 0 Å². The Kier molecular flexibility index (Phi) is 6.66. The first-order valence-electron chi connectivity index (χ1n) is 6.77. The van der Waals surface area contributed by atoms with Gasteiger partial charge in [-0.2, -0.15) is 0 Å². The van der Waals surface area contributed by atoms with Gasteiger partial charge in [-0.1, -0.05) is 39.1 Å². The lowest BCUT2D eigenvalue weighted by atomic mass is 10.0. The van der Waals surface area contributed by atoms with E-state index in [9.17, 15) is 0 Å². The molecule has 106 valence electrons. The van der Waals surface area contributed by atoms with Gasteiger partial charge in [0.25, 0.3) is 0 Å². The SMILES string of the molecule is CCSc1cccc(NC(C)CC(C)C)c1C(N)=S. The molecule has 0 fully saturated rings. The molecular formula is C15H24N2S2. The van der Waals surface area contributed by atoms with E-state index in [0.717, 1.165) is 28.3 Å². The number of anilines is 1. The molecule has 0 spiro atoms. The zero-order valence-electron chi connectivity index (χ0n) is 12.2. The summed E-state index contributed by atoms with van der Waals surface area (Å²) < 4.78 is 0. The number of thioether (sulfide) groups is 1. The number of thiocarbonyl (C=S) groups is 1. The van der Waals surface area contributed by atoms with Crippen LogP contribution in [0.2, 0.25) is 0 Å². The Labute approximate surface area is 126 Å². The Balaban J connectivity index is 2.99. The minimum absolute atomic E-state index is 0.412. The Hall–Kier alpha value is -0.740. The lowest BCUT2D eigenvalue weighted by Gasteiger charge is -2.20. The van der Waals surface area contributed by atoms with Crippen LogP contribution in [0.15, 0.2) is 23.1 Å². The Morgan fingerprint density at radius 3 is 2.58 bits per heavy atom. The lowest BCUT2D eigenvalue weighted by molar-refractivity contribution is 0.539. The predicted molar refractivity (Wildman–Crippen MR) is 91.3 cm³/mol. The van der Waals surface area contributed by atoms with E-state index in [-0.39, 0.29) is 0 Å². The Morgan fingerprint density at radius 2 is 2.05 bits per heavy atom. The summed E-state index contributed by atoms with van der Waals surface area (Å²) in [4.78, 5) is 1.63. The third-order valence-electron chi connectivity index (χ3n) is 2.80. The van der Waals surface area contributed by atoms with Crippen LogP contribution in [-0.2, 0) is 0 Å². The molecule has 0 radical (unpaired) electrons. The smallest absolute Gasteiger partial charge is 0.107 e. The molecule has 0 bridgehead atoms. The second kappa shape index (κ2) is 7.75. The monoisotopic (exact) mass is 296 g/mol. The molecule has 0 saturated heterocycles. The van der Waals surface area contributed by atoms with Crippen LogP contribution < -0.4 is 11.1 Å². The Bertz CT molecular complexity index is 430. The van der Waals surface area contributed by atoms with Crippen LogP contribution in [0.3, 0.4) is 0 Å². The molecule has 19 heavy (non-hydrogen) atoms. The van der Waals surface area contributed by atoms with Crippen molar-refractivity contribution in [1.29, 1.82) is 0 Å². The van der Waals surface area contributed by atoms with E-state index >= 15 is 0 Å². The van der Waals surface area contributed by atoms with Crippen molar-refractivity contribution in [3.05, 3.63) is 23.8 Å². The van der Waals surface area contributed by atoms with Gasteiger partial charge < -0.3 is 11.1 Å². The minimum atomic E-state index is 0.412. The van der Waals surface area contributed by atoms with Crippen LogP contribution in [0.1, 0.15) is 39.7 Å². The summed E-state index contributed by atoms with van der Waals surface area (Å²) in [7, 11) is 0. The van der Waals surface area contributed by atoms with Crippen LogP contribution in [-0.4, -0.2) is 16.8 Å². The third-order valence-corrected chi connectivity index (χ3v) is 3.94. The molecule has 3 N–H and O–H groups in total. The first-order chi connectivity index (χ1) is 8.95. The summed E-state index contributed by atoms with van der Waals surface area (Å²) in [6, 6.07) is 6.62. The highest BCUT2D eigenvalue weighted by Gasteiger charge is 2.13. The van der Waals surface area contributed by atoms with Gasteiger partial charge in [-0.3, -0.25) is 0 Å². The number of rotatable bonds is 7. The average molecular weight is 297 g/mol. The fourth-order valence-electron chi connectivity index (χ4n) is 2.21. The normalized spacial score (nSPS) is 12.5. The van der Waals surface area contributed by atoms with Gasteiger partial charge in [0.1, 0.15) is 4.99 Å². The summed E-state index contributed by atoms with van der Waals surface area (Å²) >= 11 is 6.99. The Morgan fingerprint density at radius 1 is 1.37 bits per heavy atom. The summed E-state index contributed by atoms with van der Waals surface area (Å²) in [5.74, 6) is 1.68. The topological polar surface area (TPSA) is 38.0 Å². The fraction of sp³-hybridized carbons (Fsp3) is 0.533. The maximum Gasteiger partial charge on any atom is 0.107 e. The van der Waals surface area contributed by atoms with Crippen molar-refractivity contribution in [2.75, 3.05) is 11.1 Å². The summed E-state index contributed by atoms with van der Waals surface area (Å²) in [5.41, 5.74) is 7.94. The van der Waals surface area contributed by atoms with E-state index in [1.54, 1.807) is 11.8 Å². The fourth-order valence-corrected chi connectivity index (χ4v) is 3.35. The van der Waals surface area contributed by atoms with Gasteiger partial charge >= 0.3 is 0 Å². The van der Waals surface area contributed by atoms with Crippen molar-refractivity contribution in [1.82, 2.24) is 0 Å². The summed E-state index contributed by atoms with van der Waals surface area (Å²) in [5, 5.41) is 3.54. The molecule has 4 heteroatoms. The molecule has 0 aliphatic rings. The first-order valence-corrected chi connectivity index (χ1v) is 8.17. The van der Waals surface area contributed by atoms with Gasteiger partial charge in [-0.05, 0) is 37.1 Å². The second-order valence-electron chi connectivity index (χ2n) is 5.15. The van der Waals surface area contributed by atoms with Crippen molar-refractivity contribution in [3.63, 3.8) is 0 Å². The van der Waals surface area contributed by atoms with Gasteiger partial charge in [0.05, 0.1) is 0 Å². The lowest BCUT2D eigenvalue weighted by Crippen LogP contribution is -2.21. The van der Waals surface area contributed by atoms with Crippen LogP contribution in [0.4, 0.5) is 5.69 Å². The van der Waals surface area contributed by atoms with Gasteiger partial charge in [0.2, 0.25) is 0 Å². The molecule has 1 atom stereocenters. The molecule has 0 saturated carbocycles. The summed E-state index contributed by atoms with van der Waals surface area (Å²) in [6.45, 7) is 8.80. The maximum absolute atomic E-state index is 5.90. The van der Waals surface area contributed by atoms with Crippen LogP contribution in [0, 0.1) is 5.92 Å². The number of nitrogens with two attached hydrogens (primary N) is 1. The van der Waals surface area contributed by atoms with Gasteiger partial charge in [-0.25, -0.2) is 0 Å². The molecule has 1 unspecified atom stereocenters. The molecule has 0 aromatic heterocycles. The van der Waals surface area contributed by atoms with Crippen molar-refractivity contribution >= 4 is 34.7 Å². The van der Waals surface area contributed by atoms with Crippen molar-refractivity contribution in [2.24, 2.45) is 11.7 Å². The van der Waals surface area contributed by atoms with E-state index in [1.807, 2.05) is 0 Å². The van der Waals surface area contributed by atoms with Gasteiger partial charge in [0, 0.05) is 22.2 Å². The molecule has 0 amide bonds. The molecule has 0 aliphatic carbocycles. The minimum Gasteiger partial charge on any atom is -0.389 e. The second-order valence-corrected chi connectivity index (χ2v) is 6.90. The highest BCUT2D eigenvalue weighted by atomic mass is 32.2. The first kappa shape index (κ1) is 16.3. The number of nitrogens with one attached hydrogen (secondary N) is 1. The summed E-state index contributed by atoms with van der Waals surface area (Å²) in [6.07, 6.45) is 1.13. The molecule has 2 nitrogen and oxygen atoms in total. The van der Waals surface area contributed by atoms with Crippen molar-refractivity contribution in [3.8, 4) is 0 Å². The van der Waals surface area contributed by atoms with E-state index in [2.05, 4.69) is 51.2 Å². The number of hydrogen-bond donors (Lipinski definition) is 2. The molecule has 0 heterocycles. The predicted octanol–water partition coefficient (Wildman–Crippen LogP) is 4.28. The standard InChI is InChI=1S/C15H24N2S2/c1-5-19-13-8-6-7-12(14(13)15(16)18)17-11(4)9-10(2)3/h6-8,10-11,17H,5,9H2,1-4H3,(H2,16,18). The van der Waals surface area contributed by atoms with E-state index in [0.29, 0.717) is 16.9 Å². The third kappa shape index (κ3) is 5.03. The molecular weight excluding hydrogens is 272 g/mol. The zero-order valence-corrected chi connectivity index (χ0v) is 13.8. The highest BCUT2D eigenvalue weighted by Crippen LogP contribution is 2.29. The highest BCUT2D eigenvalue weighted by molar-refractivity contribution is 7.99. The van der Waals surface area contributed by atoms with Crippen LogP contribution in [0.5, 0.6) is 0 Å². The molecule has 1 aromatic rings. The average Bonchev–Trinajstić information content (AvgIpc) is 2.27. The zero-order chi connectivity index (χ0) is 14.4. The van der Waals surface area contributed by atoms with Crippen molar-refractivity contribution in [2.45, 2.75) is 45.1 Å². The number of hydrogen-bond acceptors (Lipinski definition) is 3. The van der Waals surface area contributed by atoms with Gasteiger partial charge in [0.15, 0.2) is 0 Å². The van der Waals surface area contributed by atoms with E-state index < -0.39 is 0 Å². The van der Waals surface area contributed by atoms with E-state index in [1.165, 1.54) is 0 Å². The van der Waals surface area contributed by atoms with E-state index in [4.69, 9.17) is 18.0 Å². The maximum atomic E-state index is 5.90. The largest absolute Gasteiger partial charge is 0.389 e. The van der Waals surface area contributed by atoms with Crippen molar-refractivity contribution < 1.29 is 0 Å².